The number of pyridine rings is 1. The van der Waals surface area contributed by atoms with E-state index in [0.29, 0.717) is 21.5 Å². The summed E-state index contributed by atoms with van der Waals surface area (Å²) in [5.41, 5.74) is 0.934. The molecule has 0 aliphatic carbocycles. The SMILES string of the molecule is N#Cc1cccnc1Nc1cc(F)ccc1Br. The summed E-state index contributed by atoms with van der Waals surface area (Å²) < 4.78 is 13.8. The highest BCUT2D eigenvalue weighted by Gasteiger charge is 2.06. The van der Waals surface area contributed by atoms with E-state index in [1.165, 1.54) is 12.1 Å². The number of nitrogens with one attached hydrogen (secondary N) is 1. The van der Waals surface area contributed by atoms with E-state index in [9.17, 15) is 4.39 Å². The second kappa shape index (κ2) is 4.93. The minimum Gasteiger partial charge on any atom is -0.338 e. The number of hydrogen-bond acceptors (Lipinski definition) is 3. The van der Waals surface area contributed by atoms with Crippen molar-refractivity contribution in [2.75, 3.05) is 5.32 Å². The van der Waals surface area contributed by atoms with Gasteiger partial charge < -0.3 is 5.32 Å². The summed E-state index contributed by atoms with van der Waals surface area (Å²) in [6, 6.07) is 9.60. The first-order chi connectivity index (χ1) is 8.20. The van der Waals surface area contributed by atoms with Gasteiger partial charge in [0.2, 0.25) is 0 Å². The summed E-state index contributed by atoms with van der Waals surface area (Å²) in [6.45, 7) is 0. The van der Waals surface area contributed by atoms with Gasteiger partial charge in [-0.2, -0.15) is 5.26 Å². The second-order valence-electron chi connectivity index (χ2n) is 3.26. The summed E-state index contributed by atoms with van der Waals surface area (Å²) in [5, 5.41) is 11.8. The fourth-order valence-corrected chi connectivity index (χ4v) is 1.66. The van der Waals surface area contributed by atoms with E-state index in [1.807, 2.05) is 6.07 Å². The molecule has 0 radical (unpaired) electrons. The number of rotatable bonds is 2. The highest BCUT2D eigenvalue weighted by molar-refractivity contribution is 9.10. The largest absolute Gasteiger partial charge is 0.338 e. The van der Waals surface area contributed by atoms with Gasteiger partial charge in [0.15, 0.2) is 0 Å². The minimum absolute atomic E-state index is 0.356. The van der Waals surface area contributed by atoms with Crippen molar-refractivity contribution in [2.45, 2.75) is 0 Å². The quantitative estimate of drug-likeness (QED) is 0.920. The maximum atomic E-state index is 13.1. The third-order valence-corrected chi connectivity index (χ3v) is 2.80. The van der Waals surface area contributed by atoms with E-state index < -0.39 is 0 Å². The van der Waals surface area contributed by atoms with Crippen LogP contribution < -0.4 is 5.32 Å². The lowest BCUT2D eigenvalue weighted by molar-refractivity contribution is 0.628. The van der Waals surface area contributed by atoms with Gasteiger partial charge in [0.05, 0.1) is 11.3 Å². The van der Waals surface area contributed by atoms with E-state index in [1.54, 1.807) is 24.4 Å². The van der Waals surface area contributed by atoms with Crippen LogP contribution in [0.5, 0.6) is 0 Å². The number of halogens is 2. The molecule has 5 heteroatoms. The molecule has 2 aromatic rings. The van der Waals surface area contributed by atoms with Gasteiger partial charge in [-0.05, 0) is 46.3 Å². The van der Waals surface area contributed by atoms with Gasteiger partial charge in [0.25, 0.3) is 0 Å². The van der Waals surface area contributed by atoms with E-state index in [-0.39, 0.29) is 5.82 Å². The molecule has 0 atom stereocenters. The Kier molecular flexibility index (Phi) is 3.35. The van der Waals surface area contributed by atoms with E-state index in [4.69, 9.17) is 5.26 Å². The number of hydrogen-bond donors (Lipinski definition) is 1. The predicted octanol–water partition coefficient (Wildman–Crippen LogP) is 3.60. The highest BCUT2D eigenvalue weighted by Crippen LogP contribution is 2.26. The average molecular weight is 292 g/mol. The van der Waals surface area contributed by atoms with Crippen LogP contribution in [-0.4, -0.2) is 4.98 Å². The topological polar surface area (TPSA) is 48.7 Å². The molecule has 0 saturated heterocycles. The smallest absolute Gasteiger partial charge is 0.148 e. The van der Waals surface area contributed by atoms with Gasteiger partial charge in [-0.25, -0.2) is 9.37 Å². The molecular formula is C12H7BrFN3. The van der Waals surface area contributed by atoms with Crippen molar-refractivity contribution < 1.29 is 4.39 Å². The average Bonchev–Trinajstić information content (AvgIpc) is 2.34. The Labute approximate surface area is 106 Å². The van der Waals surface area contributed by atoms with Crippen LogP contribution in [0.15, 0.2) is 41.0 Å². The lowest BCUT2D eigenvalue weighted by Crippen LogP contribution is -1.97. The molecule has 0 fully saturated rings. The van der Waals surface area contributed by atoms with Crippen LogP contribution >= 0.6 is 15.9 Å². The molecule has 0 unspecified atom stereocenters. The predicted molar refractivity (Wildman–Crippen MR) is 66.3 cm³/mol. The number of aromatic nitrogens is 1. The van der Waals surface area contributed by atoms with Crippen LogP contribution in [0.25, 0.3) is 0 Å². The molecular weight excluding hydrogens is 285 g/mol. The summed E-state index contributed by atoms with van der Waals surface area (Å²) in [7, 11) is 0. The van der Waals surface area contributed by atoms with E-state index in [2.05, 4.69) is 26.2 Å². The Morgan fingerprint density at radius 3 is 2.94 bits per heavy atom. The van der Waals surface area contributed by atoms with Crippen LogP contribution in [0.3, 0.4) is 0 Å². The first-order valence-electron chi connectivity index (χ1n) is 4.78. The van der Waals surface area contributed by atoms with Crippen LogP contribution in [-0.2, 0) is 0 Å². The van der Waals surface area contributed by atoms with Crippen LogP contribution in [0, 0.1) is 17.1 Å². The molecule has 0 saturated carbocycles. The van der Waals surface area contributed by atoms with Crippen molar-refractivity contribution in [1.29, 1.82) is 5.26 Å². The first-order valence-corrected chi connectivity index (χ1v) is 5.57. The Balaban J connectivity index is 2.38. The van der Waals surface area contributed by atoms with Crippen molar-refractivity contribution in [2.24, 2.45) is 0 Å². The molecule has 1 heterocycles. The van der Waals surface area contributed by atoms with Gasteiger partial charge in [-0.15, -0.1) is 0 Å². The summed E-state index contributed by atoms with van der Waals surface area (Å²) in [4.78, 5) is 4.04. The Bertz CT molecular complexity index is 593. The number of benzene rings is 1. The molecule has 3 nitrogen and oxygen atoms in total. The molecule has 17 heavy (non-hydrogen) atoms. The van der Waals surface area contributed by atoms with Gasteiger partial charge in [0, 0.05) is 10.7 Å². The fraction of sp³-hybridized carbons (Fsp3) is 0. The van der Waals surface area contributed by atoms with Gasteiger partial charge in [-0.1, -0.05) is 0 Å². The second-order valence-corrected chi connectivity index (χ2v) is 4.11. The normalized spacial score (nSPS) is 9.71. The molecule has 2 rings (SSSR count). The van der Waals surface area contributed by atoms with Crippen molar-refractivity contribution in [3.05, 3.63) is 52.4 Å². The van der Waals surface area contributed by atoms with Crippen molar-refractivity contribution in [3.8, 4) is 6.07 Å². The summed E-state index contributed by atoms with van der Waals surface area (Å²) in [6.07, 6.45) is 1.57. The monoisotopic (exact) mass is 291 g/mol. The Morgan fingerprint density at radius 2 is 2.18 bits per heavy atom. The Morgan fingerprint density at radius 1 is 1.35 bits per heavy atom. The third kappa shape index (κ3) is 2.60. The van der Waals surface area contributed by atoms with Crippen molar-refractivity contribution >= 4 is 27.4 Å². The summed E-state index contributed by atoms with van der Waals surface area (Å²) >= 11 is 3.29. The first kappa shape index (κ1) is 11.6. The van der Waals surface area contributed by atoms with Gasteiger partial charge >= 0.3 is 0 Å². The van der Waals surface area contributed by atoms with Crippen LogP contribution in [0.4, 0.5) is 15.9 Å². The number of anilines is 2. The zero-order valence-corrected chi connectivity index (χ0v) is 10.2. The lowest BCUT2D eigenvalue weighted by atomic mass is 10.2. The number of nitrogens with zero attached hydrogens (tertiary/aromatic N) is 2. The van der Waals surface area contributed by atoms with Gasteiger partial charge in [-0.3, -0.25) is 0 Å². The summed E-state index contributed by atoms with van der Waals surface area (Å²) in [5.74, 6) is 0.0476. The van der Waals surface area contributed by atoms with E-state index >= 15 is 0 Å². The zero-order valence-electron chi connectivity index (χ0n) is 8.61. The van der Waals surface area contributed by atoms with Crippen molar-refractivity contribution in [3.63, 3.8) is 0 Å². The standard InChI is InChI=1S/C12H7BrFN3/c13-10-4-3-9(14)6-11(10)17-12-8(7-15)2-1-5-16-12/h1-6H,(H,16,17). The molecule has 1 aromatic heterocycles. The van der Waals surface area contributed by atoms with Gasteiger partial charge in [0.1, 0.15) is 17.7 Å². The van der Waals surface area contributed by atoms with Crippen molar-refractivity contribution in [1.82, 2.24) is 4.98 Å². The molecule has 0 bridgehead atoms. The lowest BCUT2D eigenvalue weighted by Gasteiger charge is -2.08. The maximum Gasteiger partial charge on any atom is 0.148 e. The van der Waals surface area contributed by atoms with Crippen LogP contribution in [0.2, 0.25) is 0 Å². The van der Waals surface area contributed by atoms with E-state index in [0.717, 1.165) is 0 Å². The molecule has 1 aromatic carbocycles. The third-order valence-electron chi connectivity index (χ3n) is 2.11. The Hall–Kier alpha value is -1.93. The highest BCUT2D eigenvalue weighted by atomic mass is 79.9. The van der Waals surface area contributed by atoms with Crippen LogP contribution in [0.1, 0.15) is 5.56 Å². The molecule has 0 aliphatic rings. The fourth-order valence-electron chi connectivity index (χ4n) is 1.32. The maximum absolute atomic E-state index is 13.1. The molecule has 0 spiro atoms. The molecule has 84 valence electrons. The molecule has 1 N–H and O–H groups in total. The zero-order chi connectivity index (χ0) is 12.3. The minimum atomic E-state index is -0.356. The molecule has 0 amide bonds. The number of nitriles is 1. The molecule has 0 aliphatic heterocycles.